The van der Waals surface area contributed by atoms with Crippen LogP contribution in [-0.2, 0) is 19.1 Å². The first kappa shape index (κ1) is 18.5. The van der Waals surface area contributed by atoms with E-state index < -0.39 is 5.54 Å². The standard InChI is InChI=1S/C16H28N2O4/c1-13(19)17-12-8-3-5-9-14(20)18-16(15(21)22-2)10-6-4-7-11-16/h3-12H2,1-2H3,(H,17,19)(H,18,20). The summed E-state index contributed by atoms with van der Waals surface area (Å²) in [5.41, 5.74) is -0.819. The van der Waals surface area contributed by atoms with Gasteiger partial charge in [0.25, 0.3) is 0 Å². The number of methoxy groups -OCH3 is 1. The average molecular weight is 312 g/mol. The van der Waals surface area contributed by atoms with Gasteiger partial charge in [0.15, 0.2) is 0 Å². The van der Waals surface area contributed by atoms with E-state index in [9.17, 15) is 14.4 Å². The third-order valence-corrected chi connectivity index (χ3v) is 4.12. The van der Waals surface area contributed by atoms with Gasteiger partial charge in [0, 0.05) is 19.9 Å². The minimum absolute atomic E-state index is 0.0324. The molecule has 0 aromatic heterocycles. The summed E-state index contributed by atoms with van der Waals surface area (Å²) in [6.07, 6.45) is 7.17. The molecule has 6 nitrogen and oxygen atoms in total. The molecule has 1 saturated carbocycles. The zero-order valence-electron chi connectivity index (χ0n) is 13.7. The monoisotopic (exact) mass is 312 g/mol. The summed E-state index contributed by atoms with van der Waals surface area (Å²) < 4.78 is 4.88. The van der Waals surface area contributed by atoms with Gasteiger partial charge >= 0.3 is 5.97 Å². The predicted molar refractivity (Wildman–Crippen MR) is 83.1 cm³/mol. The number of rotatable bonds is 8. The maximum absolute atomic E-state index is 12.1. The second kappa shape index (κ2) is 9.43. The molecule has 22 heavy (non-hydrogen) atoms. The second-order valence-electron chi connectivity index (χ2n) is 5.98. The van der Waals surface area contributed by atoms with Gasteiger partial charge in [0.2, 0.25) is 11.8 Å². The Balaban J connectivity index is 2.31. The van der Waals surface area contributed by atoms with Crippen molar-refractivity contribution < 1.29 is 19.1 Å². The minimum Gasteiger partial charge on any atom is -0.467 e. The SMILES string of the molecule is COC(=O)C1(NC(=O)CCCCCNC(C)=O)CCCCC1. The van der Waals surface area contributed by atoms with E-state index in [1.807, 2.05) is 0 Å². The van der Waals surface area contributed by atoms with E-state index in [0.29, 0.717) is 25.8 Å². The molecule has 1 aliphatic carbocycles. The fraction of sp³-hybridized carbons (Fsp3) is 0.812. The number of esters is 1. The number of carbonyl (C=O) groups excluding carboxylic acids is 3. The van der Waals surface area contributed by atoms with Crippen LogP contribution >= 0.6 is 0 Å². The molecule has 0 aliphatic heterocycles. The van der Waals surface area contributed by atoms with Crippen molar-refractivity contribution in [1.82, 2.24) is 10.6 Å². The summed E-state index contributed by atoms with van der Waals surface area (Å²) in [6, 6.07) is 0. The number of carbonyl (C=O) groups is 3. The summed E-state index contributed by atoms with van der Waals surface area (Å²) in [5, 5.41) is 5.64. The molecule has 0 heterocycles. The first-order valence-electron chi connectivity index (χ1n) is 8.14. The van der Waals surface area contributed by atoms with E-state index in [-0.39, 0.29) is 17.8 Å². The molecule has 0 atom stereocenters. The van der Waals surface area contributed by atoms with Crippen LogP contribution in [0.3, 0.4) is 0 Å². The summed E-state index contributed by atoms with van der Waals surface area (Å²) in [5.74, 6) is -0.451. The van der Waals surface area contributed by atoms with Gasteiger partial charge in [-0.1, -0.05) is 25.7 Å². The van der Waals surface area contributed by atoms with Crippen LogP contribution in [0.25, 0.3) is 0 Å². The highest BCUT2D eigenvalue weighted by atomic mass is 16.5. The van der Waals surface area contributed by atoms with Gasteiger partial charge in [-0.05, 0) is 25.7 Å². The number of nitrogens with one attached hydrogen (secondary N) is 2. The Kier molecular flexibility index (Phi) is 7.91. The third-order valence-electron chi connectivity index (χ3n) is 4.12. The highest BCUT2D eigenvalue weighted by Gasteiger charge is 2.41. The van der Waals surface area contributed by atoms with Gasteiger partial charge < -0.3 is 15.4 Å². The zero-order chi connectivity index (χ0) is 16.4. The van der Waals surface area contributed by atoms with Crippen molar-refractivity contribution in [1.29, 1.82) is 0 Å². The highest BCUT2D eigenvalue weighted by Crippen LogP contribution is 2.29. The molecule has 0 unspecified atom stereocenters. The molecule has 2 N–H and O–H groups in total. The second-order valence-corrected chi connectivity index (χ2v) is 5.98. The van der Waals surface area contributed by atoms with Crippen LogP contribution in [0.5, 0.6) is 0 Å². The van der Waals surface area contributed by atoms with Gasteiger partial charge in [-0.25, -0.2) is 4.79 Å². The fourth-order valence-corrected chi connectivity index (χ4v) is 2.91. The smallest absolute Gasteiger partial charge is 0.331 e. The number of unbranched alkanes of at least 4 members (excludes halogenated alkanes) is 2. The summed E-state index contributed by atoms with van der Waals surface area (Å²) in [4.78, 5) is 34.8. The lowest BCUT2D eigenvalue weighted by molar-refractivity contribution is -0.152. The Morgan fingerprint density at radius 2 is 1.73 bits per heavy atom. The van der Waals surface area contributed by atoms with Crippen molar-refractivity contribution in [3.63, 3.8) is 0 Å². The molecule has 0 bridgehead atoms. The maximum Gasteiger partial charge on any atom is 0.331 e. The first-order chi connectivity index (χ1) is 10.5. The molecule has 1 aliphatic rings. The molecule has 1 rings (SSSR count). The van der Waals surface area contributed by atoms with E-state index in [0.717, 1.165) is 38.5 Å². The predicted octanol–water partition coefficient (Wildman–Crippen LogP) is 1.67. The normalized spacial score (nSPS) is 16.6. The molecular weight excluding hydrogens is 284 g/mol. The number of ether oxygens (including phenoxy) is 1. The maximum atomic E-state index is 12.1. The van der Waals surface area contributed by atoms with Gasteiger partial charge in [-0.3, -0.25) is 9.59 Å². The average Bonchev–Trinajstić information content (AvgIpc) is 2.50. The molecule has 1 fully saturated rings. The van der Waals surface area contributed by atoms with Crippen molar-refractivity contribution in [2.45, 2.75) is 70.3 Å². The van der Waals surface area contributed by atoms with Crippen LogP contribution in [0.15, 0.2) is 0 Å². The van der Waals surface area contributed by atoms with Gasteiger partial charge in [0.05, 0.1) is 7.11 Å². The van der Waals surface area contributed by atoms with E-state index >= 15 is 0 Å². The summed E-state index contributed by atoms with van der Waals surface area (Å²) in [7, 11) is 1.37. The molecule has 2 amide bonds. The van der Waals surface area contributed by atoms with E-state index in [2.05, 4.69) is 10.6 Å². The number of amides is 2. The lowest BCUT2D eigenvalue weighted by Gasteiger charge is -2.35. The van der Waals surface area contributed by atoms with Gasteiger partial charge in [-0.15, -0.1) is 0 Å². The Hall–Kier alpha value is -1.59. The van der Waals surface area contributed by atoms with Gasteiger partial charge in [0.1, 0.15) is 5.54 Å². The van der Waals surface area contributed by atoms with Crippen molar-refractivity contribution in [3.05, 3.63) is 0 Å². The molecule has 6 heteroatoms. The van der Waals surface area contributed by atoms with Crippen LogP contribution in [0.1, 0.15) is 64.7 Å². The number of hydrogen-bond acceptors (Lipinski definition) is 4. The molecule has 0 saturated heterocycles. The summed E-state index contributed by atoms with van der Waals surface area (Å²) in [6.45, 7) is 2.13. The molecule has 0 aromatic rings. The third kappa shape index (κ3) is 6.03. The molecular formula is C16H28N2O4. The lowest BCUT2D eigenvalue weighted by Crippen LogP contribution is -2.56. The van der Waals surface area contributed by atoms with Crippen molar-refractivity contribution in [2.24, 2.45) is 0 Å². The van der Waals surface area contributed by atoms with Crippen LogP contribution in [0.4, 0.5) is 0 Å². The van der Waals surface area contributed by atoms with Crippen molar-refractivity contribution >= 4 is 17.8 Å². The molecule has 0 radical (unpaired) electrons. The Labute approximate surface area is 132 Å². The van der Waals surface area contributed by atoms with Crippen LogP contribution in [0.2, 0.25) is 0 Å². The van der Waals surface area contributed by atoms with Crippen LogP contribution in [-0.4, -0.2) is 37.0 Å². The Morgan fingerprint density at radius 3 is 2.32 bits per heavy atom. The van der Waals surface area contributed by atoms with Crippen LogP contribution in [0, 0.1) is 0 Å². The largest absolute Gasteiger partial charge is 0.467 e. The van der Waals surface area contributed by atoms with E-state index in [1.54, 1.807) is 0 Å². The Morgan fingerprint density at radius 1 is 1.05 bits per heavy atom. The van der Waals surface area contributed by atoms with E-state index in [4.69, 9.17) is 4.74 Å². The van der Waals surface area contributed by atoms with Gasteiger partial charge in [-0.2, -0.15) is 0 Å². The van der Waals surface area contributed by atoms with E-state index in [1.165, 1.54) is 14.0 Å². The number of hydrogen-bond donors (Lipinski definition) is 2. The molecule has 126 valence electrons. The van der Waals surface area contributed by atoms with Crippen LogP contribution < -0.4 is 10.6 Å². The summed E-state index contributed by atoms with van der Waals surface area (Å²) >= 11 is 0. The first-order valence-corrected chi connectivity index (χ1v) is 8.14. The minimum atomic E-state index is -0.819. The quantitative estimate of drug-likeness (QED) is 0.527. The zero-order valence-corrected chi connectivity index (χ0v) is 13.7. The molecule has 0 spiro atoms. The topological polar surface area (TPSA) is 84.5 Å². The van der Waals surface area contributed by atoms with Crippen molar-refractivity contribution in [2.75, 3.05) is 13.7 Å². The Bertz CT molecular complexity index is 390. The van der Waals surface area contributed by atoms with Crippen molar-refractivity contribution in [3.8, 4) is 0 Å². The lowest BCUT2D eigenvalue weighted by atomic mass is 9.81. The highest BCUT2D eigenvalue weighted by molar-refractivity contribution is 5.88. The molecule has 0 aromatic carbocycles. The fourth-order valence-electron chi connectivity index (χ4n) is 2.91.